The Labute approximate surface area is 88.7 Å². The van der Waals surface area contributed by atoms with Crippen molar-refractivity contribution in [2.24, 2.45) is 11.7 Å². The van der Waals surface area contributed by atoms with Gasteiger partial charge in [0.05, 0.1) is 31.8 Å². The summed E-state index contributed by atoms with van der Waals surface area (Å²) in [4.78, 5) is 11.5. The molecule has 1 rings (SSSR count). The third-order valence-electron chi connectivity index (χ3n) is 2.33. The molecule has 6 nitrogen and oxygen atoms in total. The molecule has 1 aliphatic rings. The molecule has 15 heavy (non-hydrogen) atoms. The molecule has 0 radical (unpaired) electrons. The standard InChI is InChI=1S/C9H18N2O4/c1-14-3-6(12)2-11-9(13)7-4-15-5-8(7)10/h6-8,12H,2-5,10H2,1H3,(H,11,13). The number of nitrogens with two attached hydrogens (primary N) is 1. The number of aliphatic hydroxyl groups is 1. The molecular formula is C9H18N2O4. The van der Waals surface area contributed by atoms with Crippen LogP contribution in [-0.4, -0.2) is 56.6 Å². The summed E-state index contributed by atoms with van der Waals surface area (Å²) in [6, 6.07) is -0.246. The molecule has 1 saturated heterocycles. The summed E-state index contributed by atoms with van der Waals surface area (Å²) in [6.07, 6.45) is -0.683. The molecule has 0 aliphatic carbocycles. The number of rotatable bonds is 5. The molecule has 0 aromatic rings. The minimum absolute atomic E-state index is 0.171. The van der Waals surface area contributed by atoms with Gasteiger partial charge in [-0.05, 0) is 0 Å². The topological polar surface area (TPSA) is 93.8 Å². The number of carbonyl (C=O) groups is 1. The lowest BCUT2D eigenvalue weighted by molar-refractivity contribution is -0.125. The number of aliphatic hydroxyl groups excluding tert-OH is 1. The zero-order chi connectivity index (χ0) is 11.3. The van der Waals surface area contributed by atoms with E-state index in [9.17, 15) is 9.90 Å². The zero-order valence-electron chi connectivity index (χ0n) is 8.81. The Morgan fingerprint density at radius 3 is 3.00 bits per heavy atom. The van der Waals surface area contributed by atoms with E-state index in [0.29, 0.717) is 13.2 Å². The van der Waals surface area contributed by atoms with Crippen LogP contribution in [0.1, 0.15) is 0 Å². The summed E-state index contributed by atoms with van der Waals surface area (Å²) in [5.74, 6) is -0.477. The van der Waals surface area contributed by atoms with Crippen LogP contribution >= 0.6 is 0 Å². The van der Waals surface area contributed by atoms with Crippen molar-refractivity contribution in [3.8, 4) is 0 Å². The van der Waals surface area contributed by atoms with Gasteiger partial charge in [0.25, 0.3) is 0 Å². The first-order valence-electron chi connectivity index (χ1n) is 4.93. The first-order chi connectivity index (χ1) is 7.15. The normalized spacial score (nSPS) is 27.7. The highest BCUT2D eigenvalue weighted by molar-refractivity contribution is 5.79. The molecule has 0 aromatic heterocycles. The zero-order valence-corrected chi connectivity index (χ0v) is 8.81. The van der Waals surface area contributed by atoms with Crippen molar-refractivity contribution in [2.45, 2.75) is 12.1 Å². The second-order valence-corrected chi connectivity index (χ2v) is 3.66. The number of ether oxygens (including phenoxy) is 2. The maximum absolute atomic E-state index is 11.5. The van der Waals surface area contributed by atoms with Crippen LogP contribution in [0.4, 0.5) is 0 Å². The van der Waals surface area contributed by atoms with Gasteiger partial charge in [0.15, 0.2) is 0 Å². The lowest BCUT2D eigenvalue weighted by Gasteiger charge is -2.15. The van der Waals surface area contributed by atoms with Crippen molar-refractivity contribution in [1.82, 2.24) is 5.32 Å². The molecule has 1 fully saturated rings. The Morgan fingerprint density at radius 1 is 1.73 bits per heavy atom. The van der Waals surface area contributed by atoms with Crippen molar-refractivity contribution in [2.75, 3.05) is 33.5 Å². The van der Waals surface area contributed by atoms with Crippen LogP contribution in [0, 0.1) is 5.92 Å². The number of hydrogen-bond donors (Lipinski definition) is 3. The minimum atomic E-state index is -0.683. The Morgan fingerprint density at radius 2 is 2.47 bits per heavy atom. The summed E-state index contributed by atoms with van der Waals surface area (Å²) in [5.41, 5.74) is 5.67. The molecular weight excluding hydrogens is 200 g/mol. The van der Waals surface area contributed by atoms with Crippen LogP contribution in [0.25, 0.3) is 0 Å². The van der Waals surface area contributed by atoms with E-state index in [1.54, 1.807) is 0 Å². The summed E-state index contributed by atoms with van der Waals surface area (Å²) in [5, 5.41) is 11.9. The monoisotopic (exact) mass is 218 g/mol. The smallest absolute Gasteiger partial charge is 0.227 e. The fourth-order valence-corrected chi connectivity index (χ4v) is 1.44. The van der Waals surface area contributed by atoms with Gasteiger partial charge in [0, 0.05) is 19.7 Å². The lowest BCUT2D eigenvalue weighted by atomic mass is 10.0. The summed E-state index contributed by atoms with van der Waals surface area (Å²) < 4.78 is 9.80. The van der Waals surface area contributed by atoms with Gasteiger partial charge >= 0.3 is 0 Å². The maximum atomic E-state index is 11.5. The van der Waals surface area contributed by atoms with Gasteiger partial charge in [-0.15, -0.1) is 0 Å². The van der Waals surface area contributed by atoms with Gasteiger partial charge in [0.1, 0.15) is 0 Å². The Hall–Kier alpha value is -0.690. The molecule has 0 bridgehead atoms. The average molecular weight is 218 g/mol. The Kier molecular flexibility index (Phi) is 4.97. The molecule has 0 saturated carbocycles. The third kappa shape index (κ3) is 3.75. The Bertz CT molecular complexity index is 212. The van der Waals surface area contributed by atoms with Gasteiger partial charge in [-0.25, -0.2) is 0 Å². The SMILES string of the molecule is COCC(O)CNC(=O)C1COCC1N. The second-order valence-electron chi connectivity index (χ2n) is 3.66. The second kappa shape index (κ2) is 6.02. The van der Waals surface area contributed by atoms with Crippen molar-refractivity contribution >= 4 is 5.91 Å². The molecule has 3 atom stereocenters. The number of nitrogens with one attached hydrogen (secondary N) is 1. The predicted octanol–water partition coefficient (Wildman–Crippen LogP) is -1.92. The van der Waals surface area contributed by atoms with E-state index < -0.39 is 6.10 Å². The Balaban J connectivity index is 2.23. The average Bonchev–Trinajstić information content (AvgIpc) is 2.61. The number of amides is 1. The van der Waals surface area contributed by atoms with E-state index in [1.807, 2.05) is 0 Å². The molecule has 6 heteroatoms. The summed E-state index contributed by atoms with van der Waals surface area (Å²) in [7, 11) is 1.49. The van der Waals surface area contributed by atoms with Crippen LogP contribution in [0.2, 0.25) is 0 Å². The van der Waals surface area contributed by atoms with E-state index in [1.165, 1.54) is 7.11 Å². The highest BCUT2D eigenvalue weighted by Crippen LogP contribution is 2.11. The maximum Gasteiger partial charge on any atom is 0.227 e. The van der Waals surface area contributed by atoms with Crippen molar-refractivity contribution in [3.63, 3.8) is 0 Å². The van der Waals surface area contributed by atoms with E-state index in [2.05, 4.69) is 5.32 Å². The van der Waals surface area contributed by atoms with Crippen LogP contribution in [0.3, 0.4) is 0 Å². The van der Waals surface area contributed by atoms with Crippen LogP contribution in [-0.2, 0) is 14.3 Å². The van der Waals surface area contributed by atoms with E-state index in [4.69, 9.17) is 15.2 Å². The van der Waals surface area contributed by atoms with Gasteiger partial charge in [-0.2, -0.15) is 0 Å². The van der Waals surface area contributed by atoms with Crippen LogP contribution in [0.15, 0.2) is 0 Å². The number of hydrogen-bond acceptors (Lipinski definition) is 5. The van der Waals surface area contributed by atoms with Gasteiger partial charge in [-0.3, -0.25) is 4.79 Å². The predicted molar refractivity (Wildman–Crippen MR) is 53.2 cm³/mol. The van der Waals surface area contributed by atoms with Gasteiger partial charge in [0.2, 0.25) is 5.91 Å². The van der Waals surface area contributed by atoms with Gasteiger partial charge in [-0.1, -0.05) is 0 Å². The number of carbonyl (C=O) groups excluding carboxylic acids is 1. The van der Waals surface area contributed by atoms with Gasteiger partial charge < -0.3 is 25.6 Å². The molecule has 1 amide bonds. The first-order valence-corrected chi connectivity index (χ1v) is 4.93. The third-order valence-corrected chi connectivity index (χ3v) is 2.33. The highest BCUT2D eigenvalue weighted by atomic mass is 16.5. The largest absolute Gasteiger partial charge is 0.389 e. The summed E-state index contributed by atoms with van der Waals surface area (Å²) in [6.45, 7) is 1.15. The quantitative estimate of drug-likeness (QED) is 0.500. The van der Waals surface area contributed by atoms with Crippen molar-refractivity contribution in [3.05, 3.63) is 0 Å². The summed E-state index contributed by atoms with van der Waals surface area (Å²) >= 11 is 0. The van der Waals surface area contributed by atoms with Crippen molar-refractivity contribution < 1.29 is 19.4 Å². The lowest BCUT2D eigenvalue weighted by Crippen LogP contribution is -2.44. The fourth-order valence-electron chi connectivity index (χ4n) is 1.44. The first kappa shape index (κ1) is 12.4. The molecule has 0 spiro atoms. The van der Waals surface area contributed by atoms with Crippen LogP contribution in [0.5, 0.6) is 0 Å². The molecule has 3 unspecified atom stereocenters. The van der Waals surface area contributed by atoms with E-state index in [0.717, 1.165) is 0 Å². The van der Waals surface area contributed by atoms with Crippen molar-refractivity contribution in [1.29, 1.82) is 0 Å². The molecule has 1 aliphatic heterocycles. The van der Waals surface area contributed by atoms with Crippen LogP contribution < -0.4 is 11.1 Å². The highest BCUT2D eigenvalue weighted by Gasteiger charge is 2.31. The number of methoxy groups -OCH3 is 1. The van der Waals surface area contributed by atoms with E-state index >= 15 is 0 Å². The molecule has 88 valence electrons. The molecule has 4 N–H and O–H groups in total. The fraction of sp³-hybridized carbons (Fsp3) is 0.889. The van der Waals surface area contributed by atoms with E-state index in [-0.39, 0.29) is 31.0 Å². The molecule has 0 aromatic carbocycles. The molecule has 1 heterocycles. The minimum Gasteiger partial charge on any atom is -0.389 e.